The zero-order chi connectivity index (χ0) is 20.6. The Bertz CT molecular complexity index is 832. The summed E-state index contributed by atoms with van der Waals surface area (Å²) in [5.74, 6) is -0.626. The standard InChI is InChI=1S/C21H27N5O3/c1-25-10-12-26(13-11-25)18-5-3-17(4-6-18)24-20(27)16-7-8-22-19(15-16)21(28)23-9-14-29-2/h3-8,15H,9-14H2,1-2H3,(H,23,28)(H,24,27). The number of carbonyl (C=O) groups excluding carboxylic acids is 2. The van der Waals surface area contributed by atoms with E-state index in [0.717, 1.165) is 31.9 Å². The van der Waals surface area contributed by atoms with Crippen molar-refractivity contribution in [2.75, 3.05) is 63.7 Å². The van der Waals surface area contributed by atoms with Crippen LogP contribution in [-0.4, -0.2) is 75.2 Å². The number of nitrogens with one attached hydrogen (secondary N) is 2. The molecule has 0 unspecified atom stereocenters. The molecule has 0 radical (unpaired) electrons. The number of anilines is 2. The third kappa shape index (κ3) is 5.75. The van der Waals surface area contributed by atoms with Gasteiger partial charge in [-0.3, -0.25) is 14.6 Å². The summed E-state index contributed by atoms with van der Waals surface area (Å²) < 4.78 is 4.90. The van der Waals surface area contributed by atoms with Crippen LogP contribution in [0.15, 0.2) is 42.6 Å². The molecule has 29 heavy (non-hydrogen) atoms. The van der Waals surface area contributed by atoms with Crippen LogP contribution >= 0.6 is 0 Å². The number of aromatic nitrogens is 1. The fraction of sp³-hybridized carbons (Fsp3) is 0.381. The van der Waals surface area contributed by atoms with Crippen LogP contribution in [0.4, 0.5) is 11.4 Å². The highest BCUT2D eigenvalue weighted by Crippen LogP contribution is 2.20. The van der Waals surface area contributed by atoms with Crippen LogP contribution in [0.5, 0.6) is 0 Å². The number of ether oxygens (including phenoxy) is 1. The van der Waals surface area contributed by atoms with Crippen molar-refractivity contribution in [3.05, 3.63) is 53.9 Å². The molecule has 154 valence electrons. The number of likely N-dealkylation sites (N-methyl/N-ethyl adjacent to an activating group) is 1. The lowest BCUT2D eigenvalue weighted by molar-refractivity contribution is 0.0932. The van der Waals surface area contributed by atoms with Gasteiger partial charge in [-0.25, -0.2) is 0 Å². The van der Waals surface area contributed by atoms with E-state index in [1.807, 2.05) is 24.3 Å². The lowest BCUT2D eigenvalue weighted by atomic mass is 10.2. The van der Waals surface area contributed by atoms with Crippen molar-refractivity contribution in [3.8, 4) is 0 Å². The Kier molecular flexibility index (Phi) is 7.15. The molecule has 2 aromatic rings. The lowest BCUT2D eigenvalue weighted by Gasteiger charge is -2.34. The van der Waals surface area contributed by atoms with Gasteiger partial charge in [0.05, 0.1) is 6.61 Å². The smallest absolute Gasteiger partial charge is 0.269 e. The summed E-state index contributed by atoms with van der Waals surface area (Å²) in [6, 6.07) is 10.9. The normalized spacial score (nSPS) is 14.5. The first-order valence-electron chi connectivity index (χ1n) is 9.65. The molecule has 0 bridgehead atoms. The van der Waals surface area contributed by atoms with E-state index in [4.69, 9.17) is 4.74 Å². The fourth-order valence-corrected chi connectivity index (χ4v) is 3.08. The molecule has 0 spiro atoms. The Morgan fingerprint density at radius 2 is 1.79 bits per heavy atom. The number of nitrogens with zero attached hydrogens (tertiary/aromatic N) is 3. The molecule has 0 saturated carbocycles. The van der Waals surface area contributed by atoms with Gasteiger partial charge in [-0.15, -0.1) is 0 Å². The maximum absolute atomic E-state index is 12.6. The number of hydrogen-bond donors (Lipinski definition) is 2. The minimum atomic E-state index is -0.340. The van der Waals surface area contributed by atoms with Gasteiger partial charge in [-0.2, -0.15) is 0 Å². The summed E-state index contributed by atoms with van der Waals surface area (Å²) >= 11 is 0. The second-order valence-electron chi connectivity index (χ2n) is 6.97. The predicted octanol–water partition coefficient (Wildman–Crippen LogP) is 1.46. The third-order valence-corrected chi connectivity index (χ3v) is 4.84. The van der Waals surface area contributed by atoms with Gasteiger partial charge in [0.1, 0.15) is 5.69 Å². The van der Waals surface area contributed by atoms with Crippen molar-refractivity contribution in [1.82, 2.24) is 15.2 Å². The predicted molar refractivity (Wildman–Crippen MR) is 113 cm³/mol. The minimum Gasteiger partial charge on any atom is -0.383 e. The maximum Gasteiger partial charge on any atom is 0.269 e. The molecule has 2 heterocycles. The van der Waals surface area contributed by atoms with Crippen molar-refractivity contribution < 1.29 is 14.3 Å². The largest absolute Gasteiger partial charge is 0.383 e. The Balaban J connectivity index is 1.60. The number of benzene rings is 1. The first-order valence-corrected chi connectivity index (χ1v) is 9.65. The topological polar surface area (TPSA) is 86.8 Å². The molecule has 1 aliphatic heterocycles. The first-order chi connectivity index (χ1) is 14.1. The summed E-state index contributed by atoms with van der Waals surface area (Å²) in [6.45, 7) is 4.87. The average Bonchev–Trinajstić information content (AvgIpc) is 2.75. The van der Waals surface area contributed by atoms with Gasteiger partial charge in [0, 0.05) is 63.0 Å². The van der Waals surface area contributed by atoms with Crippen molar-refractivity contribution >= 4 is 23.2 Å². The van der Waals surface area contributed by atoms with Crippen molar-refractivity contribution in [2.24, 2.45) is 0 Å². The van der Waals surface area contributed by atoms with Gasteiger partial charge >= 0.3 is 0 Å². The molecule has 1 fully saturated rings. The van der Waals surface area contributed by atoms with Crippen molar-refractivity contribution in [1.29, 1.82) is 0 Å². The van der Waals surface area contributed by atoms with Crippen LogP contribution < -0.4 is 15.5 Å². The average molecular weight is 397 g/mol. The van der Waals surface area contributed by atoms with Gasteiger partial charge < -0.3 is 25.2 Å². The van der Waals surface area contributed by atoms with Crippen LogP contribution in [0.3, 0.4) is 0 Å². The van der Waals surface area contributed by atoms with E-state index < -0.39 is 0 Å². The molecular weight excluding hydrogens is 370 g/mol. The number of hydrogen-bond acceptors (Lipinski definition) is 6. The molecule has 8 heteroatoms. The van der Waals surface area contributed by atoms with E-state index in [0.29, 0.717) is 24.4 Å². The highest BCUT2D eigenvalue weighted by atomic mass is 16.5. The minimum absolute atomic E-state index is 0.194. The number of methoxy groups -OCH3 is 1. The quantitative estimate of drug-likeness (QED) is 0.688. The Labute approximate surface area is 170 Å². The SMILES string of the molecule is COCCNC(=O)c1cc(C(=O)Nc2ccc(N3CCN(C)CC3)cc2)ccn1. The van der Waals surface area contributed by atoms with Crippen LogP contribution in [0.25, 0.3) is 0 Å². The number of carbonyl (C=O) groups is 2. The van der Waals surface area contributed by atoms with E-state index in [1.54, 1.807) is 13.2 Å². The molecular formula is C21H27N5O3. The number of pyridine rings is 1. The van der Waals surface area contributed by atoms with Gasteiger partial charge in [-0.1, -0.05) is 0 Å². The zero-order valence-electron chi connectivity index (χ0n) is 16.9. The van der Waals surface area contributed by atoms with Crippen LogP contribution in [0, 0.1) is 0 Å². The van der Waals surface area contributed by atoms with E-state index in [2.05, 4.69) is 32.5 Å². The molecule has 0 atom stereocenters. The highest BCUT2D eigenvalue weighted by Gasteiger charge is 2.15. The summed E-state index contributed by atoms with van der Waals surface area (Å²) in [6.07, 6.45) is 1.45. The lowest BCUT2D eigenvalue weighted by Crippen LogP contribution is -2.44. The third-order valence-electron chi connectivity index (χ3n) is 4.84. The van der Waals surface area contributed by atoms with E-state index in [-0.39, 0.29) is 17.5 Å². The van der Waals surface area contributed by atoms with Gasteiger partial charge in [0.25, 0.3) is 11.8 Å². The van der Waals surface area contributed by atoms with E-state index >= 15 is 0 Å². The monoisotopic (exact) mass is 397 g/mol. The van der Waals surface area contributed by atoms with E-state index in [1.165, 1.54) is 12.3 Å². The molecule has 1 saturated heterocycles. The Morgan fingerprint density at radius 3 is 2.48 bits per heavy atom. The summed E-state index contributed by atoms with van der Waals surface area (Å²) in [5, 5.41) is 5.56. The number of piperazine rings is 1. The Hall–Kier alpha value is -2.97. The molecule has 1 aromatic carbocycles. The zero-order valence-corrected chi connectivity index (χ0v) is 16.9. The Morgan fingerprint density at radius 1 is 1.07 bits per heavy atom. The molecule has 2 amide bonds. The summed E-state index contributed by atoms with van der Waals surface area (Å²) in [5.41, 5.74) is 2.42. The second-order valence-corrected chi connectivity index (χ2v) is 6.97. The van der Waals surface area contributed by atoms with Crippen LogP contribution in [0.2, 0.25) is 0 Å². The summed E-state index contributed by atoms with van der Waals surface area (Å²) in [4.78, 5) is 33.3. The molecule has 2 N–H and O–H groups in total. The summed E-state index contributed by atoms with van der Waals surface area (Å²) in [7, 11) is 3.69. The van der Waals surface area contributed by atoms with Crippen LogP contribution in [-0.2, 0) is 4.74 Å². The molecule has 8 nitrogen and oxygen atoms in total. The molecule has 3 rings (SSSR count). The highest BCUT2D eigenvalue weighted by molar-refractivity contribution is 6.05. The van der Waals surface area contributed by atoms with Gasteiger partial charge in [-0.05, 0) is 43.4 Å². The molecule has 1 aromatic heterocycles. The van der Waals surface area contributed by atoms with Crippen molar-refractivity contribution in [3.63, 3.8) is 0 Å². The van der Waals surface area contributed by atoms with Gasteiger partial charge in [0.15, 0.2) is 0 Å². The second kappa shape index (κ2) is 9.99. The maximum atomic E-state index is 12.6. The number of rotatable bonds is 7. The molecule has 1 aliphatic rings. The van der Waals surface area contributed by atoms with Gasteiger partial charge in [0.2, 0.25) is 0 Å². The van der Waals surface area contributed by atoms with Crippen molar-refractivity contribution in [2.45, 2.75) is 0 Å². The van der Waals surface area contributed by atoms with E-state index in [9.17, 15) is 9.59 Å². The fourth-order valence-electron chi connectivity index (χ4n) is 3.08. The molecule has 0 aliphatic carbocycles. The number of amides is 2. The first kappa shape index (κ1) is 20.8. The van der Waals surface area contributed by atoms with Crippen LogP contribution in [0.1, 0.15) is 20.8 Å².